The number of quaternary nitrogens is 1. The van der Waals surface area contributed by atoms with Crippen molar-refractivity contribution in [2.75, 3.05) is 14.1 Å². The van der Waals surface area contributed by atoms with Crippen LogP contribution in [0.4, 0.5) is 4.39 Å². The normalized spacial score (nSPS) is 10.8. The third-order valence-electron chi connectivity index (χ3n) is 3.21. The van der Waals surface area contributed by atoms with Crippen LogP contribution in [0.25, 0.3) is 0 Å². The fourth-order valence-corrected chi connectivity index (χ4v) is 2.49. The molecule has 0 aliphatic carbocycles. The highest BCUT2D eigenvalue weighted by molar-refractivity contribution is 9.10. The fourth-order valence-electron chi connectivity index (χ4n) is 2.13. The van der Waals surface area contributed by atoms with Crippen molar-refractivity contribution in [2.45, 2.75) is 13.1 Å². The molecule has 1 amide bonds. The molecule has 0 aliphatic rings. The number of carbonyl (C=O) groups is 1. The SMILES string of the molecule is C[NH+](C)Cc1ccc(CNC(=O)c2cc(Br)ccc2F)cc1. The van der Waals surface area contributed by atoms with E-state index in [1.165, 1.54) is 22.6 Å². The van der Waals surface area contributed by atoms with E-state index in [0.29, 0.717) is 11.0 Å². The first-order chi connectivity index (χ1) is 10.5. The summed E-state index contributed by atoms with van der Waals surface area (Å²) in [5.41, 5.74) is 2.27. The molecule has 2 rings (SSSR count). The maximum Gasteiger partial charge on any atom is 0.254 e. The van der Waals surface area contributed by atoms with Gasteiger partial charge in [0.2, 0.25) is 0 Å². The summed E-state index contributed by atoms with van der Waals surface area (Å²) in [6, 6.07) is 12.4. The van der Waals surface area contributed by atoms with Gasteiger partial charge in [-0.2, -0.15) is 0 Å². The minimum atomic E-state index is -0.523. The molecule has 2 N–H and O–H groups in total. The van der Waals surface area contributed by atoms with Crippen LogP contribution in [0.15, 0.2) is 46.9 Å². The van der Waals surface area contributed by atoms with Gasteiger partial charge in [0.05, 0.1) is 19.7 Å². The molecule has 0 spiro atoms. The minimum absolute atomic E-state index is 0.0437. The van der Waals surface area contributed by atoms with Crippen LogP contribution in [0.2, 0.25) is 0 Å². The van der Waals surface area contributed by atoms with Crippen molar-refractivity contribution in [1.82, 2.24) is 5.32 Å². The molecule has 0 aromatic heterocycles. The molecule has 0 bridgehead atoms. The Hall–Kier alpha value is -1.72. The van der Waals surface area contributed by atoms with E-state index in [1.807, 2.05) is 24.3 Å². The maximum atomic E-state index is 13.6. The standard InChI is InChI=1S/C17H18BrFN2O/c1-21(2)11-13-5-3-12(4-6-13)10-20-17(22)15-9-14(18)7-8-16(15)19/h3-9H,10-11H2,1-2H3,(H,20,22)/p+1. The topological polar surface area (TPSA) is 33.5 Å². The van der Waals surface area contributed by atoms with Crippen molar-refractivity contribution in [1.29, 1.82) is 0 Å². The van der Waals surface area contributed by atoms with Crippen LogP contribution in [0, 0.1) is 5.82 Å². The van der Waals surface area contributed by atoms with E-state index in [4.69, 9.17) is 0 Å². The smallest absolute Gasteiger partial charge is 0.254 e. The molecular formula is C17H19BrFN2O+. The molecule has 116 valence electrons. The second-order valence-corrected chi connectivity index (χ2v) is 6.42. The van der Waals surface area contributed by atoms with E-state index in [0.717, 1.165) is 12.1 Å². The first kappa shape index (κ1) is 16.6. The van der Waals surface area contributed by atoms with Gasteiger partial charge in [0, 0.05) is 16.6 Å². The molecule has 2 aromatic rings. The summed E-state index contributed by atoms with van der Waals surface area (Å²) in [7, 11) is 4.20. The highest BCUT2D eigenvalue weighted by Gasteiger charge is 2.11. The average Bonchev–Trinajstić information content (AvgIpc) is 2.48. The van der Waals surface area contributed by atoms with E-state index >= 15 is 0 Å². The summed E-state index contributed by atoms with van der Waals surface area (Å²) in [6.45, 7) is 1.33. The minimum Gasteiger partial charge on any atom is -0.348 e. The van der Waals surface area contributed by atoms with Crippen LogP contribution in [0.5, 0.6) is 0 Å². The van der Waals surface area contributed by atoms with Crippen molar-refractivity contribution >= 4 is 21.8 Å². The number of nitrogens with one attached hydrogen (secondary N) is 2. The van der Waals surface area contributed by atoms with Crippen molar-refractivity contribution in [2.24, 2.45) is 0 Å². The predicted molar refractivity (Wildman–Crippen MR) is 88.2 cm³/mol. The van der Waals surface area contributed by atoms with Gasteiger partial charge in [0.25, 0.3) is 5.91 Å². The van der Waals surface area contributed by atoms with Gasteiger partial charge in [-0.25, -0.2) is 4.39 Å². The summed E-state index contributed by atoms with van der Waals surface area (Å²) in [4.78, 5) is 13.4. The zero-order valence-electron chi connectivity index (χ0n) is 12.6. The lowest BCUT2D eigenvalue weighted by Gasteiger charge is -2.09. The summed E-state index contributed by atoms with van der Waals surface area (Å²) >= 11 is 3.24. The molecule has 22 heavy (non-hydrogen) atoms. The van der Waals surface area contributed by atoms with Gasteiger partial charge in [0.1, 0.15) is 12.4 Å². The lowest BCUT2D eigenvalue weighted by Crippen LogP contribution is -3.04. The van der Waals surface area contributed by atoms with Crippen LogP contribution < -0.4 is 10.2 Å². The van der Waals surface area contributed by atoms with E-state index in [9.17, 15) is 9.18 Å². The number of carbonyl (C=O) groups excluding carboxylic acids is 1. The average molecular weight is 366 g/mol. The number of hydrogen-bond donors (Lipinski definition) is 2. The molecule has 0 unspecified atom stereocenters. The number of hydrogen-bond acceptors (Lipinski definition) is 1. The Balaban J connectivity index is 1.97. The number of rotatable bonds is 5. The quantitative estimate of drug-likeness (QED) is 0.836. The van der Waals surface area contributed by atoms with Crippen LogP contribution in [0.1, 0.15) is 21.5 Å². The van der Waals surface area contributed by atoms with E-state index in [2.05, 4.69) is 35.3 Å². The highest BCUT2D eigenvalue weighted by Crippen LogP contribution is 2.15. The molecule has 3 nitrogen and oxygen atoms in total. The first-order valence-electron chi connectivity index (χ1n) is 7.06. The van der Waals surface area contributed by atoms with Crippen molar-refractivity contribution in [3.63, 3.8) is 0 Å². The van der Waals surface area contributed by atoms with Gasteiger partial charge in [-0.3, -0.25) is 4.79 Å². The Morgan fingerprint density at radius 2 is 1.77 bits per heavy atom. The van der Waals surface area contributed by atoms with Gasteiger partial charge in [-0.1, -0.05) is 40.2 Å². The molecule has 5 heteroatoms. The monoisotopic (exact) mass is 365 g/mol. The Morgan fingerprint density at radius 1 is 1.14 bits per heavy atom. The third-order valence-corrected chi connectivity index (χ3v) is 3.70. The van der Waals surface area contributed by atoms with Gasteiger partial charge in [0.15, 0.2) is 0 Å². The van der Waals surface area contributed by atoms with Crippen molar-refractivity contribution < 1.29 is 14.1 Å². The summed E-state index contributed by atoms with van der Waals surface area (Å²) in [6.07, 6.45) is 0. The van der Waals surface area contributed by atoms with Gasteiger partial charge in [-0.05, 0) is 23.8 Å². The van der Waals surface area contributed by atoms with E-state index < -0.39 is 11.7 Å². The fraction of sp³-hybridized carbons (Fsp3) is 0.235. The molecule has 0 heterocycles. The number of amides is 1. The largest absolute Gasteiger partial charge is 0.348 e. The van der Waals surface area contributed by atoms with E-state index in [1.54, 1.807) is 6.07 Å². The van der Waals surface area contributed by atoms with Crippen LogP contribution in [0.3, 0.4) is 0 Å². The summed E-state index contributed by atoms with van der Waals surface area (Å²) < 4.78 is 14.3. The zero-order valence-corrected chi connectivity index (χ0v) is 14.2. The Bertz CT molecular complexity index is 656. The Kier molecular flexibility index (Phi) is 5.69. The van der Waals surface area contributed by atoms with Crippen LogP contribution >= 0.6 is 15.9 Å². The van der Waals surface area contributed by atoms with E-state index in [-0.39, 0.29) is 5.56 Å². The molecule has 0 fully saturated rings. The van der Waals surface area contributed by atoms with Crippen molar-refractivity contribution in [3.8, 4) is 0 Å². The highest BCUT2D eigenvalue weighted by atomic mass is 79.9. The van der Waals surface area contributed by atoms with Crippen LogP contribution in [-0.4, -0.2) is 20.0 Å². The molecule has 0 atom stereocenters. The molecule has 2 aromatic carbocycles. The molecule has 0 radical (unpaired) electrons. The molecule has 0 saturated heterocycles. The summed E-state index contributed by atoms with van der Waals surface area (Å²) in [5, 5.41) is 2.74. The Morgan fingerprint density at radius 3 is 2.41 bits per heavy atom. The molecular weight excluding hydrogens is 347 g/mol. The first-order valence-corrected chi connectivity index (χ1v) is 7.85. The van der Waals surface area contributed by atoms with Crippen molar-refractivity contribution in [3.05, 3.63) is 69.4 Å². The lowest BCUT2D eigenvalue weighted by atomic mass is 10.1. The second-order valence-electron chi connectivity index (χ2n) is 5.51. The van der Waals surface area contributed by atoms with Gasteiger partial charge in [-0.15, -0.1) is 0 Å². The molecule has 0 saturated carbocycles. The lowest BCUT2D eigenvalue weighted by molar-refractivity contribution is -0.872. The molecule has 0 aliphatic heterocycles. The van der Waals surface area contributed by atoms with Gasteiger partial charge < -0.3 is 10.2 Å². The number of halogens is 2. The van der Waals surface area contributed by atoms with Crippen LogP contribution in [-0.2, 0) is 13.1 Å². The van der Waals surface area contributed by atoms with Gasteiger partial charge >= 0.3 is 0 Å². The summed E-state index contributed by atoms with van der Waals surface area (Å²) in [5.74, 6) is -0.939. The Labute approximate surface area is 138 Å². The third kappa shape index (κ3) is 4.64. The number of benzene rings is 2. The maximum absolute atomic E-state index is 13.6. The predicted octanol–water partition coefficient (Wildman–Crippen LogP) is 2.16. The second kappa shape index (κ2) is 7.51. The zero-order chi connectivity index (χ0) is 16.1.